The molecule has 1 aromatic heterocycles. The summed E-state index contributed by atoms with van der Waals surface area (Å²) in [4.78, 5) is 35.2. The maximum atomic E-state index is 13.6. The number of benzene rings is 2. The van der Waals surface area contributed by atoms with E-state index in [0.29, 0.717) is 43.0 Å². The van der Waals surface area contributed by atoms with Crippen molar-refractivity contribution in [3.05, 3.63) is 70.3 Å². The van der Waals surface area contributed by atoms with E-state index in [1.807, 2.05) is 0 Å². The molecule has 1 atom stereocenters. The Morgan fingerprint density at radius 2 is 1.91 bits per heavy atom. The molecule has 2 fully saturated rings. The maximum absolute atomic E-state index is 13.6. The van der Waals surface area contributed by atoms with Gasteiger partial charge in [-0.3, -0.25) is 9.59 Å². The van der Waals surface area contributed by atoms with Crippen LogP contribution in [-0.2, 0) is 21.3 Å². The number of nitrogens with one attached hydrogen (secondary N) is 1. The molecular weight excluding hydrogens is 468 g/mol. The van der Waals surface area contributed by atoms with Gasteiger partial charge in [0.25, 0.3) is 11.5 Å². The molecule has 0 saturated carbocycles. The largest absolute Gasteiger partial charge is 0.376 e. The lowest BCUT2D eigenvalue weighted by atomic mass is 10.1. The molecule has 3 heterocycles. The summed E-state index contributed by atoms with van der Waals surface area (Å²) in [6.45, 7) is 2.01. The molecule has 3 aromatic rings. The number of hydrogen-bond acceptors (Lipinski definition) is 6. The number of ether oxygens (including phenoxy) is 1. The zero-order valence-electron chi connectivity index (χ0n) is 19.4. The van der Waals surface area contributed by atoms with Crippen molar-refractivity contribution in [2.75, 3.05) is 26.2 Å². The number of sulfonamides is 1. The number of para-hydroxylation sites is 1. The van der Waals surface area contributed by atoms with Gasteiger partial charge in [0.2, 0.25) is 10.0 Å². The molecule has 0 bridgehead atoms. The third-order valence-corrected chi connectivity index (χ3v) is 8.42. The lowest BCUT2D eigenvalue weighted by Gasteiger charge is -2.25. The number of amides is 1. The van der Waals surface area contributed by atoms with Crippen molar-refractivity contribution in [2.24, 2.45) is 0 Å². The number of aromatic nitrogens is 2. The summed E-state index contributed by atoms with van der Waals surface area (Å²) in [7, 11) is -3.65. The van der Waals surface area contributed by atoms with E-state index >= 15 is 0 Å². The van der Waals surface area contributed by atoms with Gasteiger partial charge >= 0.3 is 0 Å². The minimum Gasteiger partial charge on any atom is -0.376 e. The Kier molecular flexibility index (Phi) is 6.68. The molecule has 2 aliphatic heterocycles. The summed E-state index contributed by atoms with van der Waals surface area (Å²) in [5, 5.41) is 0.480. The maximum Gasteiger partial charge on any atom is 0.258 e. The summed E-state index contributed by atoms with van der Waals surface area (Å²) in [6, 6.07) is 13.2. The van der Waals surface area contributed by atoms with E-state index in [0.717, 1.165) is 25.7 Å². The smallest absolute Gasteiger partial charge is 0.258 e. The molecule has 0 radical (unpaired) electrons. The fraction of sp³-hybridized carbons (Fsp3) is 0.400. The lowest BCUT2D eigenvalue weighted by Crippen LogP contribution is -2.38. The molecule has 10 heteroatoms. The van der Waals surface area contributed by atoms with Gasteiger partial charge in [-0.2, -0.15) is 4.31 Å². The molecule has 1 amide bonds. The predicted octanol–water partition coefficient (Wildman–Crippen LogP) is 2.53. The minimum atomic E-state index is -3.65. The molecule has 0 unspecified atom stereocenters. The number of carbonyl (C=O) groups is 1. The van der Waals surface area contributed by atoms with E-state index in [1.54, 1.807) is 41.3 Å². The van der Waals surface area contributed by atoms with E-state index in [-0.39, 0.29) is 34.6 Å². The van der Waals surface area contributed by atoms with Gasteiger partial charge in [0.1, 0.15) is 5.82 Å². The quantitative estimate of drug-likeness (QED) is 0.538. The van der Waals surface area contributed by atoms with Crippen LogP contribution in [0.15, 0.2) is 58.2 Å². The van der Waals surface area contributed by atoms with Gasteiger partial charge in [0.15, 0.2) is 0 Å². The topological polar surface area (TPSA) is 113 Å². The fourth-order valence-corrected chi connectivity index (χ4v) is 6.26. The molecule has 35 heavy (non-hydrogen) atoms. The Balaban J connectivity index is 1.45. The van der Waals surface area contributed by atoms with Crippen molar-refractivity contribution >= 4 is 26.8 Å². The Morgan fingerprint density at radius 3 is 2.69 bits per heavy atom. The summed E-state index contributed by atoms with van der Waals surface area (Å²) in [5.41, 5.74) is 0.551. The fourth-order valence-electron chi connectivity index (χ4n) is 4.69. The van der Waals surface area contributed by atoms with Gasteiger partial charge in [-0.1, -0.05) is 18.2 Å². The molecule has 5 rings (SSSR count). The van der Waals surface area contributed by atoms with Crippen LogP contribution >= 0.6 is 0 Å². The second-order valence-electron chi connectivity index (χ2n) is 8.99. The SMILES string of the molecule is O=C(c1cccc(S(=O)(=O)N2CCCC2)c1)N(Cc1nc2ccccc2c(=O)[nH]1)C[C@H]1CCCO1. The predicted molar refractivity (Wildman–Crippen MR) is 131 cm³/mol. The normalized spacial score (nSPS) is 18.8. The number of carbonyl (C=O) groups excluding carboxylic acids is 1. The molecule has 2 aromatic carbocycles. The van der Waals surface area contributed by atoms with Crippen molar-refractivity contribution in [3.8, 4) is 0 Å². The van der Waals surface area contributed by atoms with Crippen LogP contribution in [0.3, 0.4) is 0 Å². The number of hydrogen-bond donors (Lipinski definition) is 1. The van der Waals surface area contributed by atoms with Gasteiger partial charge in [0, 0.05) is 31.8 Å². The van der Waals surface area contributed by atoms with E-state index in [9.17, 15) is 18.0 Å². The first kappa shape index (κ1) is 23.7. The van der Waals surface area contributed by atoms with E-state index in [2.05, 4.69) is 9.97 Å². The summed E-state index contributed by atoms with van der Waals surface area (Å²) in [6.07, 6.45) is 3.30. The van der Waals surface area contributed by atoms with Crippen molar-refractivity contribution in [1.29, 1.82) is 0 Å². The highest BCUT2D eigenvalue weighted by Crippen LogP contribution is 2.23. The van der Waals surface area contributed by atoms with Crippen LogP contribution in [0.1, 0.15) is 41.9 Å². The van der Waals surface area contributed by atoms with Gasteiger partial charge < -0.3 is 14.6 Å². The monoisotopic (exact) mass is 496 g/mol. The molecule has 184 valence electrons. The van der Waals surface area contributed by atoms with Crippen LogP contribution in [0.2, 0.25) is 0 Å². The molecule has 9 nitrogen and oxygen atoms in total. The van der Waals surface area contributed by atoms with Crippen LogP contribution in [-0.4, -0.2) is 65.8 Å². The van der Waals surface area contributed by atoms with Crippen LogP contribution in [0.4, 0.5) is 0 Å². The van der Waals surface area contributed by atoms with E-state index in [1.165, 1.54) is 16.4 Å². The zero-order chi connectivity index (χ0) is 24.4. The third-order valence-electron chi connectivity index (χ3n) is 6.52. The van der Waals surface area contributed by atoms with Crippen LogP contribution in [0, 0.1) is 0 Å². The second kappa shape index (κ2) is 9.88. The van der Waals surface area contributed by atoms with Crippen LogP contribution < -0.4 is 5.56 Å². The van der Waals surface area contributed by atoms with Gasteiger partial charge in [0.05, 0.1) is 28.4 Å². The Hall–Kier alpha value is -3.08. The second-order valence-corrected chi connectivity index (χ2v) is 10.9. The molecule has 0 spiro atoms. The molecule has 0 aliphatic carbocycles. The first-order valence-electron chi connectivity index (χ1n) is 11.9. The molecule has 1 N–H and O–H groups in total. The zero-order valence-corrected chi connectivity index (χ0v) is 20.2. The highest BCUT2D eigenvalue weighted by molar-refractivity contribution is 7.89. The summed E-state index contributed by atoms with van der Waals surface area (Å²) in [5.74, 6) is 0.0238. The lowest BCUT2D eigenvalue weighted by molar-refractivity contribution is 0.0501. The Bertz CT molecular complexity index is 1390. The first-order chi connectivity index (χ1) is 16.9. The summed E-state index contributed by atoms with van der Waals surface area (Å²) < 4.78 is 33.3. The Morgan fingerprint density at radius 1 is 1.11 bits per heavy atom. The van der Waals surface area contributed by atoms with Crippen molar-refractivity contribution in [2.45, 2.75) is 43.2 Å². The van der Waals surface area contributed by atoms with E-state index in [4.69, 9.17) is 4.74 Å². The third kappa shape index (κ3) is 5.00. The van der Waals surface area contributed by atoms with Gasteiger partial charge in [-0.15, -0.1) is 0 Å². The van der Waals surface area contributed by atoms with Crippen LogP contribution in [0.5, 0.6) is 0 Å². The Labute approximate surface area is 203 Å². The average Bonchev–Trinajstić information content (AvgIpc) is 3.58. The van der Waals surface area contributed by atoms with Crippen molar-refractivity contribution in [3.63, 3.8) is 0 Å². The standard InChI is InChI=1S/C25H28N4O5S/c30-24-21-10-1-2-11-22(21)26-23(27-24)17-28(16-19-8-6-14-34-19)25(31)18-7-5-9-20(15-18)35(32,33)29-12-3-4-13-29/h1-2,5,7,9-11,15,19H,3-4,6,8,12-14,16-17H2,(H,26,27,30)/t19-/m1/s1. The van der Waals surface area contributed by atoms with Crippen LogP contribution in [0.25, 0.3) is 10.9 Å². The first-order valence-corrected chi connectivity index (χ1v) is 13.3. The summed E-state index contributed by atoms with van der Waals surface area (Å²) >= 11 is 0. The van der Waals surface area contributed by atoms with Gasteiger partial charge in [-0.05, 0) is 56.0 Å². The number of H-pyrrole nitrogens is 1. The van der Waals surface area contributed by atoms with Crippen molar-refractivity contribution < 1.29 is 17.9 Å². The molecule has 2 aliphatic rings. The average molecular weight is 497 g/mol. The number of fused-ring (bicyclic) bond motifs is 1. The molecule has 2 saturated heterocycles. The number of aromatic amines is 1. The van der Waals surface area contributed by atoms with Crippen molar-refractivity contribution in [1.82, 2.24) is 19.2 Å². The van der Waals surface area contributed by atoms with E-state index < -0.39 is 10.0 Å². The number of rotatable bonds is 7. The molecular formula is C25H28N4O5S. The highest BCUT2D eigenvalue weighted by atomic mass is 32.2. The van der Waals surface area contributed by atoms with Gasteiger partial charge in [-0.25, -0.2) is 13.4 Å². The minimum absolute atomic E-state index is 0.0713. The highest BCUT2D eigenvalue weighted by Gasteiger charge is 2.29. The number of nitrogens with zero attached hydrogens (tertiary/aromatic N) is 3.